The van der Waals surface area contributed by atoms with Gasteiger partial charge in [-0.25, -0.2) is 0 Å². The number of halogens is 1. The highest BCUT2D eigenvalue weighted by atomic mass is 35.5. The highest BCUT2D eigenvalue weighted by Crippen LogP contribution is 2.36. The summed E-state index contributed by atoms with van der Waals surface area (Å²) in [5.41, 5.74) is 4.50. The van der Waals surface area contributed by atoms with Crippen LogP contribution in [0.4, 0.5) is 5.69 Å². The Bertz CT molecular complexity index is 466. The number of para-hydroxylation sites is 1. The normalized spacial score (nSPS) is 21.1. The van der Waals surface area contributed by atoms with Crippen molar-refractivity contribution in [3.63, 3.8) is 0 Å². The monoisotopic (exact) mass is 292 g/mol. The average molecular weight is 293 g/mol. The molecule has 3 heteroatoms. The second-order valence-electron chi connectivity index (χ2n) is 6.59. The Hall–Kier alpha value is -0.730. The molecular formula is C17H25ClN2. The molecule has 0 atom stereocenters. The van der Waals surface area contributed by atoms with Gasteiger partial charge in [-0.3, -0.25) is 4.90 Å². The lowest BCUT2D eigenvalue weighted by Gasteiger charge is -2.38. The van der Waals surface area contributed by atoms with Crippen LogP contribution < -0.4 is 5.32 Å². The van der Waals surface area contributed by atoms with Crippen molar-refractivity contribution in [3.05, 3.63) is 29.3 Å². The molecule has 2 saturated carbocycles. The summed E-state index contributed by atoms with van der Waals surface area (Å²) in [4.78, 5) is 2.77. The Morgan fingerprint density at radius 2 is 2.00 bits per heavy atom. The molecule has 0 spiro atoms. The highest BCUT2D eigenvalue weighted by molar-refractivity contribution is 5.85. The smallest absolute Gasteiger partial charge is 0.0419 e. The fraction of sp³-hybridized carbons (Fsp3) is 0.647. The van der Waals surface area contributed by atoms with Crippen LogP contribution in [0.5, 0.6) is 0 Å². The molecule has 3 aliphatic rings. The van der Waals surface area contributed by atoms with Crippen LogP contribution in [0.25, 0.3) is 0 Å². The van der Waals surface area contributed by atoms with E-state index in [1.807, 2.05) is 0 Å². The molecule has 110 valence electrons. The van der Waals surface area contributed by atoms with E-state index in [9.17, 15) is 0 Å². The maximum Gasteiger partial charge on any atom is 0.0419 e. The molecule has 1 aromatic rings. The Morgan fingerprint density at radius 1 is 1.15 bits per heavy atom. The van der Waals surface area contributed by atoms with E-state index < -0.39 is 0 Å². The van der Waals surface area contributed by atoms with E-state index in [2.05, 4.69) is 28.4 Å². The first-order valence-electron chi connectivity index (χ1n) is 7.99. The van der Waals surface area contributed by atoms with E-state index >= 15 is 0 Å². The SMILES string of the molecule is Cl.c1cc2c(c(CN(CC3CC3)C3CCC3)c1)NCC2. The third kappa shape index (κ3) is 2.82. The zero-order valence-corrected chi connectivity index (χ0v) is 12.9. The van der Waals surface area contributed by atoms with Gasteiger partial charge in [-0.05, 0) is 49.1 Å². The van der Waals surface area contributed by atoms with Crippen molar-refractivity contribution in [1.82, 2.24) is 4.90 Å². The Balaban J connectivity index is 0.00000121. The molecule has 0 amide bonds. The molecule has 2 nitrogen and oxygen atoms in total. The number of nitrogens with zero attached hydrogens (tertiary/aromatic N) is 1. The molecule has 1 heterocycles. The summed E-state index contributed by atoms with van der Waals surface area (Å²) in [6.07, 6.45) is 8.43. The standard InChI is InChI=1S/C17H24N2.ClH/c1-3-14-9-10-18-17(14)15(4-1)12-19(11-13-7-8-13)16-5-2-6-16;/h1,3-4,13,16,18H,2,5-12H2;1H. The van der Waals surface area contributed by atoms with Crippen LogP contribution in [-0.2, 0) is 13.0 Å². The lowest BCUT2D eigenvalue weighted by molar-refractivity contribution is 0.114. The quantitative estimate of drug-likeness (QED) is 0.887. The number of anilines is 1. The summed E-state index contributed by atoms with van der Waals surface area (Å²) >= 11 is 0. The lowest BCUT2D eigenvalue weighted by atomic mass is 9.90. The second-order valence-corrected chi connectivity index (χ2v) is 6.59. The van der Waals surface area contributed by atoms with Gasteiger partial charge in [-0.2, -0.15) is 0 Å². The van der Waals surface area contributed by atoms with Crippen LogP contribution in [0.15, 0.2) is 18.2 Å². The Labute approximate surface area is 128 Å². The summed E-state index contributed by atoms with van der Waals surface area (Å²) in [6, 6.07) is 7.73. The van der Waals surface area contributed by atoms with Crippen LogP contribution >= 0.6 is 12.4 Å². The lowest BCUT2D eigenvalue weighted by Crippen LogP contribution is -2.40. The van der Waals surface area contributed by atoms with Crippen molar-refractivity contribution in [2.75, 3.05) is 18.4 Å². The molecular weight excluding hydrogens is 268 g/mol. The molecule has 2 fully saturated rings. The largest absolute Gasteiger partial charge is 0.384 e. The molecule has 4 rings (SSSR count). The van der Waals surface area contributed by atoms with Gasteiger partial charge in [-0.1, -0.05) is 24.6 Å². The predicted molar refractivity (Wildman–Crippen MR) is 86.7 cm³/mol. The minimum Gasteiger partial charge on any atom is -0.384 e. The van der Waals surface area contributed by atoms with Crippen molar-refractivity contribution in [3.8, 4) is 0 Å². The summed E-state index contributed by atoms with van der Waals surface area (Å²) in [6.45, 7) is 3.63. The van der Waals surface area contributed by atoms with Gasteiger partial charge in [0.05, 0.1) is 0 Å². The van der Waals surface area contributed by atoms with Crippen LogP contribution in [-0.4, -0.2) is 24.0 Å². The highest BCUT2D eigenvalue weighted by Gasteiger charge is 2.31. The first-order chi connectivity index (χ1) is 9.40. The zero-order chi connectivity index (χ0) is 12.7. The number of hydrogen-bond acceptors (Lipinski definition) is 2. The molecule has 1 N–H and O–H groups in total. The maximum absolute atomic E-state index is 3.59. The van der Waals surface area contributed by atoms with Gasteiger partial charge < -0.3 is 5.32 Å². The molecule has 0 aromatic heterocycles. The first-order valence-corrected chi connectivity index (χ1v) is 7.99. The molecule has 0 saturated heterocycles. The first kappa shape index (κ1) is 14.2. The van der Waals surface area contributed by atoms with Gasteiger partial charge in [0.2, 0.25) is 0 Å². The number of hydrogen-bond donors (Lipinski definition) is 1. The third-order valence-electron chi connectivity index (χ3n) is 5.09. The average Bonchev–Trinajstić information content (AvgIpc) is 3.02. The van der Waals surface area contributed by atoms with Gasteiger partial charge in [0.1, 0.15) is 0 Å². The summed E-state index contributed by atoms with van der Waals surface area (Å²) in [5, 5.41) is 3.59. The minimum atomic E-state index is 0. The Kier molecular flexibility index (Phi) is 4.23. The van der Waals surface area contributed by atoms with Crippen LogP contribution in [0, 0.1) is 5.92 Å². The summed E-state index contributed by atoms with van der Waals surface area (Å²) in [7, 11) is 0. The van der Waals surface area contributed by atoms with E-state index in [0.29, 0.717) is 0 Å². The topological polar surface area (TPSA) is 15.3 Å². The van der Waals surface area contributed by atoms with E-state index in [4.69, 9.17) is 0 Å². The van der Waals surface area contributed by atoms with E-state index in [0.717, 1.165) is 25.0 Å². The predicted octanol–water partition coefficient (Wildman–Crippen LogP) is 3.84. The van der Waals surface area contributed by atoms with Gasteiger partial charge in [0.15, 0.2) is 0 Å². The number of benzene rings is 1. The summed E-state index contributed by atoms with van der Waals surface area (Å²) < 4.78 is 0. The van der Waals surface area contributed by atoms with E-state index in [-0.39, 0.29) is 12.4 Å². The molecule has 0 radical (unpaired) electrons. The number of fused-ring (bicyclic) bond motifs is 1. The van der Waals surface area contributed by atoms with Crippen molar-refractivity contribution in [2.24, 2.45) is 5.92 Å². The maximum atomic E-state index is 3.59. The van der Waals surface area contributed by atoms with Gasteiger partial charge in [0.25, 0.3) is 0 Å². The molecule has 0 unspecified atom stereocenters. The summed E-state index contributed by atoms with van der Waals surface area (Å²) in [5.74, 6) is 1.00. The zero-order valence-electron chi connectivity index (χ0n) is 12.1. The van der Waals surface area contributed by atoms with Crippen molar-refractivity contribution in [1.29, 1.82) is 0 Å². The van der Waals surface area contributed by atoms with Crippen LogP contribution in [0.3, 0.4) is 0 Å². The fourth-order valence-electron chi connectivity index (χ4n) is 3.49. The molecule has 20 heavy (non-hydrogen) atoms. The van der Waals surface area contributed by atoms with E-state index in [1.54, 1.807) is 0 Å². The number of rotatable bonds is 5. The van der Waals surface area contributed by atoms with Crippen LogP contribution in [0.2, 0.25) is 0 Å². The molecule has 0 bridgehead atoms. The molecule has 1 aliphatic heterocycles. The fourth-order valence-corrected chi connectivity index (χ4v) is 3.49. The number of nitrogens with one attached hydrogen (secondary N) is 1. The van der Waals surface area contributed by atoms with Gasteiger partial charge >= 0.3 is 0 Å². The van der Waals surface area contributed by atoms with Crippen molar-refractivity contribution in [2.45, 2.75) is 51.1 Å². The third-order valence-corrected chi connectivity index (χ3v) is 5.09. The Morgan fingerprint density at radius 3 is 2.70 bits per heavy atom. The van der Waals surface area contributed by atoms with Gasteiger partial charge in [0, 0.05) is 31.4 Å². The molecule has 1 aromatic carbocycles. The van der Waals surface area contributed by atoms with E-state index in [1.165, 1.54) is 61.9 Å². The van der Waals surface area contributed by atoms with Crippen molar-refractivity contribution >= 4 is 18.1 Å². The molecule has 2 aliphatic carbocycles. The van der Waals surface area contributed by atoms with Gasteiger partial charge in [-0.15, -0.1) is 12.4 Å². The minimum absolute atomic E-state index is 0. The second kappa shape index (κ2) is 5.95. The van der Waals surface area contributed by atoms with Crippen LogP contribution in [0.1, 0.15) is 43.2 Å². The van der Waals surface area contributed by atoms with Crippen molar-refractivity contribution < 1.29 is 0 Å².